The van der Waals surface area contributed by atoms with Gasteiger partial charge in [0.25, 0.3) is 11.2 Å². The fraction of sp³-hybridized carbons (Fsp3) is 0.217. The predicted molar refractivity (Wildman–Crippen MR) is 131 cm³/mol. The summed E-state index contributed by atoms with van der Waals surface area (Å²) in [6.07, 6.45) is 0. The van der Waals surface area contributed by atoms with Gasteiger partial charge >= 0.3 is 0 Å². The maximum atomic E-state index is 12.9. The second-order valence-corrected chi connectivity index (χ2v) is 9.15. The zero-order valence-electron chi connectivity index (χ0n) is 17.5. The first-order valence-corrected chi connectivity index (χ1v) is 11.7. The summed E-state index contributed by atoms with van der Waals surface area (Å²) >= 11 is 7.44. The van der Waals surface area contributed by atoms with E-state index >= 15 is 0 Å². The highest BCUT2D eigenvalue weighted by Gasteiger charge is 2.24. The number of halogens is 1. The van der Waals surface area contributed by atoms with E-state index in [4.69, 9.17) is 16.6 Å². The fourth-order valence-electron chi connectivity index (χ4n) is 4.15. The number of thiophene rings is 1. The van der Waals surface area contributed by atoms with Gasteiger partial charge in [0, 0.05) is 48.2 Å². The van der Waals surface area contributed by atoms with E-state index in [9.17, 15) is 14.9 Å². The highest BCUT2D eigenvalue weighted by atomic mass is 35.5. The minimum absolute atomic E-state index is 0.122. The van der Waals surface area contributed by atoms with Crippen LogP contribution >= 0.6 is 22.9 Å². The molecule has 8 nitrogen and oxygen atoms in total. The van der Waals surface area contributed by atoms with Crippen LogP contribution in [0.4, 0.5) is 11.4 Å². The van der Waals surface area contributed by atoms with Crippen LogP contribution in [0.2, 0.25) is 5.02 Å². The number of anilines is 1. The van der Waals surface area contributed by atoms with Crippen molar-refractivity contribution in [3.63, 3.8) is 0 Å². The number of rotatable bonds is 5. The average Bonchev–Trinajstić information content (AvgIpc) is 3.25. The molecule has 0 unspecified atom stereocenters. The molecule has 5 rings (SSSR count). The van der Waals surface area contributed by atoms with Gasteiger partial charge in [0.2, 0.25) is 0 Å². The Labute approximate surface area is 198 Å². The molecule has 0 atom stereocenters. The molecule has 3 heterocycles. The van der Waals surface area contributed by atoms with E-state index in [2.05, 4.69) is 9.88 Å². The van der Waals surface area contributed by atoms with E-state index in [1.165, 1.54) is 17.4 Å². The molecule has 1 aliphatic heterocycles. The molecule has 1 N–H and O–H groups in total. The number of nitro benzene ring substituents is 1. The van der Waals surface area contributed by atoms with Crippen molar-refractivity contribution in [2.45, 2.75) is 6.54 Å². The first kappa shape index (κ1) is 21.6. The Bertz CT molecular complexity index is 1380. The molecule has 0 amide bonds. The van der Waals surface area contributed by atoms with Crippen LogP contribution in [0.3, 0.4) is 0 Å². The van der Waals surface area contributed by atoms with Gasteiger partial charge in [0.05, 0.1) is 16.9 Å². The van der Waals surface area contributed by atoms with Crippen molar-refractivity contribution in [3.05, 3.63) is 85.2 Å². The number of nitro groups is 1. The normalized spacial score (nSPS) is 14.6. The van der Waals surface area contributed by atoms with E-state index in [1.54, 1.807) is 24.3 Å². The first-order chi connectivity index (χ1) is 16.0. The Hall–Kier alpha value is -3.27. The van der Waals surface area contributed by atoms with Crippen LogP contribution in [0.1, 0.15) is 5.82 Å². The molecule has 0 aliphatic carbocycles. The summed E-state index contributed by atoms with van der Waals surface area (Å²) in [5.74, 6) is 0.621. The molecule has 4 aromatic rings. The van der Waals surface area contributed by atoms with Crippen molar-refractivity contribution in [2.75, 3.05) is 31.1 Å². The molecule has 0 saturated carbocycles. The van der Waals surface area contributed by atoms with Gasteiger partial charge in [-0.15, -0.1) is 11.3 Å². The van der Waals surface area contributed by atoms with Crippen LogP contribution in [0, 0.1) is 10.1 Å². The monoisotopic (exact) mass is 481 g/mol. The Morgan fingerprint density at radius 2 is 1.82 bits per heavy atom. The summed E-state index contributed by atoms with van der Waals surface area (Å²) in [5.41, 5.74) is 2.39. The average molecular weight is 482 g/mol. The second kappa shape index (κ2) is 8.93. The maximum Gasteiger partial charge on any atom is 0.292 e. The van der Waals surface area contributed by atoms with E-state index in [0.29, 0.717) is 59.5 Å². The number of aromatic amines is 1. The molecule has 168 valence electrons. The smallest absolute Gasteiger partial charge is 0.292 e. The summed E-state index contributed by atoms with van der Waals surface area (Å²) < 4.78 is 0. The molecular formula is C23H20ClN5O3S. The molecule has 33 heavy (non-hydrogen) atoms. The Balaban J connectivity index is 1.31. The second-order valence-electron chi connectivity index (χ2n) is 7.86. The predicted octanol–water partition coefficient (Wildman–Crippen LogP) is 4.54. The van der Waals surface area contributed by atoms with Gasteiger partial charge in [-0.2, -0.15) is 0 Å². The van der Waals surface area contributed by atoms with Gasteiger partial charge in [-0.05, 0) is 23.8 Å². The van der Waals surface area contributed by atoms with Gasteiger partial charge in [-0.3, -0.25) is 19.8 Å². The Morgan fingerprint density at radius 3 is 2.55 bits per heavy atom. The molecule has 0 bridgehead atoms. The lowest BCUT2D eigenvalue weighted by atomic mass is 10.1. The lowest BCUT2D eigenvalue weighted by molar-refractivity contribution is -0.384. The van der Waals surface area contributed by atoms with Crippen molar-refractivity contribution in [1.82, 2.24) is 14.9 Å². The topological polar surface area (TPSA) is 95.4 Å². The van der Waals surface area contributed by atoms with Crippen LogP contribution in [-0.4, -0.2) is 46.0 Å². The van der Waals surface area contributed by atoms with E-state index < -0.39 is 0 Å². The highest BCUT2D eigenvalue weighted by Crippen LogP contribution is 2.32. The summed E-state index contributed by atoms with van der Waals surface area (Å²) in [6.45, 7) is 3.28. The molecule has 2 aromatic heterocycles. The quantitative estimate of drug-likeness (QED) is 0.332. The van der Waals surface area contributed by atoms with Gasteiger partial charge < -0.3 is 9.88 Å². The van der Waals surface area contributed by atoms with Crippen molar-refractivity contribution in [1.29, 1.82) is 0 Å². The van der Waals surface area contributed by atoms with Gasteiger partial charge in [0.1, 0.15) is 16.3 Å². The number of para-hydroxylation sites is 2. The van der Waals surface area contributed by atoms with Crippen molar-refractivity contribution < 1.29 is 4.92 Å². The third-order valence-electron chi connectivity index (χ3n) is 5.81. The van der Waals surface area contributed by atoms with Crippen LogP contribution in [-0.2, 0) is 6.54 Å². The Kier molecular flexibility index (Phi) is 5.84. The van der Waals surface area contributed by atoms with Crippen molar-refractivity contribution in [3.8, 4) is 11.1 Å². The zero-order chi connectivity index (χ0) is 22.9. The number of hydrogen-bond acceptors (Lipinski definition) is 7. The molecule has 1 aliphatic rings. The lowest BCUT2D eigenvalue weighted by Crippen LogP contribution is -2.46. The number of hydrogen-bond donors (Lipinski definition) is 1. The molecule has 1 saturated heterocycles. The minimum atomic E-state index is -0.342. The molecule has 0 spiro atoms. The van der Waals surface area contributed by atoms with E-state index in [0.717, 1.165) is 11.1 Å². The van der Waals surface area contributed by atoms with Crippen LogP contribution in [0.5, 0.6) is 0 Å². The first-order valence-electron chi connectivity index (χ1n) is 10.5. The van der Waals surface area contributed by atoms with Crippen molar-refractivity contribution >= 4 is 44.5 Å². The Morgan fingerprint density at radius 1 is 1.09 bits per heavy atom. The van der Waals surface area contributed by atoms with Crippen LogP contribution < -0.4 is 10.5 Å². The number of aromatic nitrogens is 2. The summed E-state index contributed by atoms with van der Waals surface area (Å²) in [4.78, 5) is 36.5. The molecule has 10 heteroatoms. The standard InChI is InChI=1S/C23H20ClN5O3S/c24-16-7-5-15(6-8-16)17-14-33-23-21(17)22(30)25-20(26-23)13-27-9-11-28(12-10-27)18-3-1-2-4-19(18)29(31)32/h1-8,14H,9-13H2,(H,25,26,30). The number of piperazine rings is 1. The molecule has 2 aromatic carbocycles. The third-order valence-corrected chi connectivity index (χ3v) is 6.94. The molecular weight excluding hydrogens is 462 g/mol. The van der Waals surface area contributed by atoms with Crippen LogP contribution in [0.25, 0.3) is 21.3 Å². The number of benzene rings is 2. The van der Waals surface area contributed by atoms with Gasteiger partial charge in [0.15, 0.2) is 0 Å². The summed E-state index contributed by atoms with van der Waals surface area (Å²) in [5, 5.41) is 14.5. The van der Waals surface area contributed by atoms with Crippen molar-refractivity contribution in [2.24, 2.45) is 0 Å². The largest absolute Gasteiger partial charge is 0.363 e. The fourth-order valence-corrected chi connectivity index (χ4v) is 5.25. The lowest BCUT2D eigenvalue weighted by Gasteiger charge is -2.35. The number of nitrogens with one attached hydrogen (secondary N) is 1. The molecule has 0 radical (unpaired) electrons. The minimum Gasteiger partial charge on any atom is -0.363 e. The van der Waals surface area contributed by atoms with E-state index in [1.807, 2.05) is 28.5 Å². The number of nitrogens with zero attached hydrogens (tertiary/aromatic N) is 4. The summed E-state index contributed by atoms with van der Waals surface area (Å²) in [6, 6.07) is 14.2. The van der Waals surface area contributed by atoms with E-state index in [-0.39, 0.29) is 16.2 Å². The van der Waals surface area contributed by atoms with Crippen LogP contribution in [0.15, 0.2) is 58.7 Å². The number of fused-ring (bicyclic) bond motifs is 1. The SMILES string of the molecule is O=c1[nH]c(CN2CCN(c3ccccc3[N+](=O)[O-])CC2)nc2scc(-c3ccc(Cl)cc3)c12. The van der Waals surface area contributed by atoms with Gasteiger partial charge in [-0.25, -0.2) is 4.98 Å². The molecule has 1 fully saturated rings. The number of H-pyrrole nitrogens is 1. The van der Waals surface area contributed by atoms with Gasteiger partial charge in [-0.1, -0.05) is 35.9 Å². The summed E-state index contributed by atoms with van der Waals surface area (Å²) in [7, 11) is 0. The third kappa shape index (κ3) is 4.35. The highest BCUT2D eigenvalue weighted by molar-refractivity contribution is 7.17. The zero-order valence-corrected chi connectivity index (χ0v) is 19.1. The maximum absolute atomic E-state index is 12.9.